The molecule has 3 aliphatic heterocycles. The van der Waals surface area contributed by atoms with Gasteiger partial charge in [-0.2, -0.15) is 0 Å². The van der Waals surface area contributed by atoms with E-state index in [1.807, 2.05) is 61.2 Å². The summed E-state index contributed by atoms with van der Waals surface area (Å²) in [5.74, 6) is -1.52. The Morgan fingerprint density at radius 3 is 2.18 bits per heavy atom. The Bertz CT molecular complexity index is 1520. The first-order valence-corrected chi connectivity index (χ1v) is 15.8. The minimum atomic E-state index is -0.930. The van der Waals surface area contributed by atoms with Gasteiger partial charge in [0.1, 0.15) is 19.0 Å². The van der Waals surface area contributed by atoms with Crippen molar-refractivity contribution in [3.05, 3.63) is 82.7 Å². The van der Waals surface area contributed by atoms with E-state index >= 15 is 0 Å². The molecule has 3 aromatic rings. The molecule has 0 aromatic heterocycles. The molecule has 6 rings (SSSR count). The molecule has 0 aliphatic carbocycles. The molecule has 9 nitrogen and oxygen atoms in total. The summed E-state index contributed by atoms with van der Waals surface area (Å²) in [6.07, 6.45) is 1.13. The Labute approximate surface area is 262 Å². The van der Waals surface area contributed by atoms with Crippen molar-refractivity contribution in [3.63, 3.8) is 0 Å². The molecule has 3 atom stereocenters. The van der Waals surface area contributed by atoms with Crippen LogP contribution in [0.4, 0.5) is 15.8 Å². The van der Waals surface area contributed by atoms with E-state index in [9.17, 15) is 19.1 Å². The van der Waals surface area contributed by atoms with E-state index in [4.69, 9.17) is 14.2 Å². The summed E-state index contributed by atoms with van der Waals surface area (Å²) >= 11 is 0. The van der Waals surface area contributed by atoms with Gasteiger partial charge in [-0.3, -0.25) is 14.5 Å². The van der Waals surface area contributed by atoms with E-state index in [1.54, 1.807) is 0 Å². The van der Waals surface area contributed by atoms with Crippen LogP contribution in [0.2, 0.25) is 0 Å². The molecule has 238 valence electrons. The smallest absolute Gasteiger partial charge is 0.309 e. The highest BCUT2D eigenvalue weighted by atomic mass is 19.1. The number of hydrogen-bond donors (Lipinski definition) is 2. The number of halogens is 1. The van der Waals surface area contributed by atoms with Crippen LogP contribution in [0.3, 0.4) is 0 Å². The number of amides is 1. The molecule has 1 unspecified atom stereocenters. The van der Waals surface area contributed by atoms with Gasteiger partial charge in [0.25, 0.3) is 0 Å². The Morgan fingerprint density at radius 1 is 0.889 bits per heavy atom. The zero-order chi connectivity index (χ0) is 31.5. The number of rotatable bonds is 9. The topological polar surface area (TPSA) is 101 Å². The van der Waals surface area contributed by atoms with Crippen molar-refractivity contribution in [2.75, 3.05) is 62.8 Å². The quantitative estimate of drug-likeness (QED) is 0.345. The molecule has 0 spiro atoms. The predicted molar refractivity (Wildman–Crippen MR) is 169 cm³/mol. The summed E-state index contributed by atoms with van der Waals surface area (Å²) in [4.78, 5) is 30.9. The van der Waals surface area contributed by atoms with Crippen LogP contribution in [-0.2, 0) is 27.2 Å². The summed E-state index contributed by atoms with van der Waals surface area (Å²) in [5.41, 5.74) is 4.80. The highest BCUT2D eigenvalue weighted by Gasteiger charge is 2.48. The van der Waals surface area contributed by atoms with Crippen molar-refractivity contribution >= 4 is 23.3 Å². The van der Waals surface area contributed by atoms with Crippen LogP contribution in [0.1, 0.15) is 48.1 Å². The van der Waals surface area contributed by atoms with E-state index in [-0.39, 0.29) is 18.3 Å². The number of carboxylic acids is 1. The summed E-state index contributed by atoms with van der Waals surface area (Å²) < 4.78 is 31.3. The van der Waals surface area contributed by atoms with Gasteiger partial charge in [0, 0.05) is 43.0 Å². The van der Waals surface area contributed by atoms with Crippen molar-refractivity contribution in [1.29, 1.82) is 0 Å². The number of fused-ring (bicyclic) bond motifs is 1. The second-order valence-corrected chi connectivity index (χ2v) is 11.8. The highest BCUT2D eigenvalue weighted by molar-refractivity contribution is 5.94. The number of aliphatic carboxylic acids is 1. The fourth-order valence-electron chi connectivity index (χ4n) is 6.93. The first kappa shape index (κ1) is 30.9. The standard InChI is InChI=1S/C35H40FN3O6/c1-3-22-17-26(36)18-23(4-2)33(22)37-31(40)21-39-20-28(25-7-10-29-30(19-25)45-16-15-44-29)32(35(41)42)34(39)24-5-8-27(9-6-24)38-11-13-43-14-12-38/h5-10,17-19,28,32,34H,3-4,11-16,20-21H2,1-2H3,(H,37,40)(H,41,42)/t28-,32?,34+/m1/s1. The summed E-state index contributed by atoms with van der Waals surface area (Å²) in [6.45, 7) is 7.99. The number of carboxylic acid groups (broad SMARTS) is 1. The van der Waals surface area contributed by atoms with Gasteiger partial charge in [0.2, 0.25) is 5.91 Å². The lowest BCUT2D eigenvalue weighted by Gasteiger charge is -2.30. The molecular weight excluding hydrogens is 577 g/mol. The van der Waals surface area contributed by atoms with Gasteiger partial charge in [-0.25, -0.2) is 4.39 Å². The van der Waals surface area contributed by atoms with E-state index in [2.05, 4.69) is 10.2 Å². The van der Waals surface area contributed by atoms with Gasteiger partial charge in [-0.15, -0.1) is 0 Å². The van der Waals surface area contributed by atoms with Crippen LogP contribution in [-0.4, -0.2) is 74.5 Å². The highest BCUT2D eigenvalue weighted by Crippen LogP contribution is 2.47. The minimum absolute atomic E-state index is 0.0234. The summed E-state index contributed by atoms with van der Waals surface area (Å²) in [5, 5.41) is 13.7. The maximum atomic E-state index is 14.3. The van der Waals surface area contributed by atoms with E-state index < -0.39 is 23.8 Å². The molecular formula is C35H40FN3O6. The predicted octanol–water partition coefficient (Wildman–Crippen LogP) is 5.04. The third kappa shape index (κ3) is 6.48. The normalized spacial score (nSPS) is 21.5. The fourth-order valence-corrected chi connectivity index (χ4v) is 6.93. The van der Waals surface area contributed by atoms with Gasteiger partial charge in [-0.1, -0.05) is 32.0 Å². The molecule has 0 bridgehead atoms. The van der Waals surface area contributed by atoms with Crippen molar-refractivity contribution in [1.82, 2.24) is 4.90 Å². The maximum absolute atomic E-state index is 14.3. The Hall–Kier alpha value is -4.15. The molecule has 1 amide bonds. The van der Waals surface area contributed by atoms with Crippen LogP contribution in [0, 0.1) is 11.7 Å². The maximum Gasteiger partial charge on any atom is 0.309 e. The van der Waals surface area contributed by atoms with Gasteiger partial charge >= 0.3 is 5.97 Å². The number of benzene rings is 3. The van der Waals surface area contributed by atoms with Crippen molar-refractivity contribution in [3.8, 4) is 11.5 Å². The van der Waals surface area contributed by atoms with Crippen LogP contribution in [0.5, 0.6) is 11.5 Å². The molecule has 0 saturated carbocycles. The number of ether oxygens (including phenoxy) is 3. The lowest BCUT2D eigenvalue weighted by atomic mass is 9.82. The second-order valence-electron chi connectivity index (χ2n) is 11.8. The van der Waals surface area contributed by atoms with E-state index in [1.165, 1.54) is 12.1 Å². The van der Waals surface area contributed by atoms with Crippen molar-refractivity contribution in [2.24, 2.45) is 5.92 Å². The third-order valence-corrected chi connectivity index (χ3v) is 9.13. The zero-order valence-electron chi connectivity index (χ0n) is 25.8. The molecule has 2 N–H and O–H groups in total. The number of aryl methyl sites for hydroxylation is 2. The van der Waals surface area contributed by atoms with E-state index in [0.717, 1.165) is 41.0 Å². The lowest BCUT2D eigenvalue weighted by molar-refractivity contribution is -0.143. The van der Waals surface area contributed by atoms with Crippen LogP contribution in [0.15, 0.2) is 54.6 Å². The third-order valence-electron chi connectivity index (χ3n) is 9.13. The van der Waals surface area contributed by atoms with Crippen molar-refractivity contribution in [2.45, 2.75) is 38.6 Å². The molecule has 45 heavy (non-hydrogen) atoms. The Morgan fingerprint density at radius 2 is 1.53 bits per heavy atom. The average molecular weight is 618 g/mol. The molecule has 3 heterocycles. The van der Waals surface area contributed by atoms with E-state index in [0.29, 0.717) is 63.0 Å². The molecule has 3 aliphatic rings. The van der Waals surface area contributed by atoms with Crippen LogP contribution in [0.25, 0.3) is 0 Å². The number of carbonyl (C=O) groups is 2. The second kappa shape index (κ2) is 13.5. The average Bonchev–Trinajstić information content (AvgIpc) is 3.44. The van der Waals surface area contributed by atoms with Gasteiger partial charge in [-0.05, 0) is 71.5 Å². The molecule has 2 fully saturated rings. The Balaban J connectivity index is 1.33. The first-order chi connectivity index (χ1) is 21.9. The lowest BCUT2D eigenvalue weighted by Crippen LogP contribution is -2.36. The van der Waals surface area contributed by atoms with Crippen LogP contribution >= 0.6 is 0 Å². The fraction of sp³-hybridized carbons (Fsp3) is 0.429. The number of carbonyl (C=O) groups excluding carboxylic acids is 1. The Kier molecular flexibility index (Phi) is 9.23. The molecule has 10 heteroatoms. The number of likely N-dealkylation sites (tertiary alicyclic amines) is 1. The minimum Gasteiger partial charge on any atom is -0.486 e. The number of morpholine rings is 1. The SMILES string of the molecule is CCc1cc(F)cc(CC)c1NC(=O)CN1C[C@H](c2ccc3c(c2)OCCO3)C(C(=O)O)[C@@H]1c1ccc(N2CCOCC2)cc1. The number of nitrogens with one attached hydrogen (secondary N) is 1. The zero-order valence-corrected chi connectivity index (χ0v) is 25.8. The molecule has 3 aromatic carbocycles. The summed E-state index contributed by atoms with van der Waals surface area (Å²) in [6, 6.07) is 16.0. The molecule has 2 saturated heterocycles. The molecule has 0 radical (unpaired) electrons. The first-order valence-electron chi connectivity index (χ1n) is 15.8. The van der Waals surface area contributed by atoms with Gasteiger partial charge < -0.3 is 29.5 Å². The number of nitrogens with zero attached hydrogens (tertiary/aromatic N) is 2. The monoisotopic (exact) mass is 617 g/mol. The largest absolute Gasteiger partial charge is 0.486 e. The van der Waals surface area contributed by atoms with Gasteiger partial charge in [0.15, 0.2) is 11.5 Å². The number of hydrogen-bond acceptors (Lipinski definition) is 7. The number of anilines is 2. The van der Waals surface area contributed by atoms with Crippen molar-refractivity contribution < 1.29 is 33.3 Å². The van der Waals surface area contributed by atoms with Gasteiger partial charge in [0.05, 0.1) is 25.7 Å². The summed E-state index contributed by atoms with van der Waals surface area (Å²) in [7, 11) is 0. The van der Waals surface area contributed by atoms with Crippen LogP contribution < -0.4 is 19.7 Å².